The van der Waals surface area contributed by atoms with Crippen molar-refractivity contribution in [3.05, 3.63) is 109 Å². The summed E-state index contributed by atoms with van der Waals surface area (Å²) in [6.45, 7) is 4.15. The van der Waals surface area contributed by atoms with Gasteiger partial charge in [-0.15, -0.1) is 0 Å². The first-order valence-electron chi connectivity index (χ1n) is 24.0. The van der Waals surface area contributed by atoms with Crippen molar-refractivity contribution in [3.63, 3.8) is 0 Å². The van der Waals surface area contributed by atoms with Crippen LogP contribution < -0.4 is 0 Å². The Labute approximate surface area is 376 Å². The van der Waals surface area contributed by atoms with Gasteiger partial charge in [-0.25, -0.2) is 0 Å². The van der Waals surface area contributed by atoms with Crippen LogP contribution in [0, 0.1) is 0 Å². The maximum atomic E-state index is 12.8. The van der Waals surface area contributed by atoms with E-state index < -0.39 is 43.4 Å². The number of carbonyl (C=O) groups is 1. The van der Waals surface area contributed by atoms with Gasteiger partial charge in [0.2, 0.25) is 0 Å². The minimum atomic E-state index is -1.55. The number of carbonyl (C=O) groups excluding carboxylic acids is 1. The molecule has 62 heavy (non-hydrogen) atoms. The first-order valence-corrected chi connectivity index (χ1v) is 24.0. The van der Waals surface area contributed by atoms with Crippen LogP contribution in [0.1, 0.15) is 155 Å². The molecule has 1 aliphatic rings. The average molecular weight is 867 g/mol. The Balaban J connectivity index is 2.25. The third-order valence-corrected chi connectivity index (χ3v) is 10.2. The second-order valence-electron chi connectivity index (χ2n) is 15.8. The third kappa shape index (κ3) is 33.4. The Morgan fingerprint density at radius 2 is 0.935 bits per heavy atom. The molecular weight excluding hydrogens is 781 g/mol. The van der Waals surface area contributed by atoms with Crippen molar-refractivity contribution < 1.29 is 44.2 Å². The Hall–Kier alpha value is -3.15. The van der Waals surface area contributed by atoms with Crippen molar-refractivity contribution in [3.8, 4) is 0 Å². The van der Waals surface area contributed by atoms with Crippen LogP contribution in [0.15, 0.2) is 109 Å². The van der Waals surface area contributed by atoms with Crippen molar-refractivity contribution in [2.75, 3.05) is 26.4 Å². The molecule has 0 bridgehead atoms. The number of hydrogen-bond acceptors (Lipinski definition) is 9. The SMILES string of the molecule is CC/C=C\C/C=C\C/C=C\C/C=C\C/C=C\CCCCCCCCCCCC(=O)OC(COCCC/C=C\C/C=C\C/C=C\C/C=C\CC)COC1OC(CO)C(O)C(O)C1O. The fourth-order valence-corrected chi connectivity index (χ4v) is 6.52. The third-order valence-electron chi connectivity index (χ3n) is 10.2. The lowest BCUT2D eigenvalue weighted by Crippen LogP contribution is -2.59. The average Bonchev–Trinajstić information content (AvgIpc) is 3.27. The number of ether oxygens (including phenoxy) is 4. The van der Waals surface area contributed by atoms with Gasteiger partial charge in [-0.2, -0.15) is 0 Å². The smallest absolute Gasteiger partial charge is 0.306 e. The molecule has 1 rings (SSSR count). The minimum absolute atomic E-state index is 0.0969. The van der Waals surface area contributed by atoms with Crippen molar-refractivity contribution in [1.82, 2.24) is 0 Å². The number of aliphatic hydroxyl groups is 4. The van der Waals surface area contributed by atoms with Gasteiger partial charge in [0.15, 0.2) is 6.29 Å². The predicted molar refractivity (Wildman–Crippen MR) is 256 cm³/mol. The van der Waals surface area contributed by atoms with E-state index in [4.69, 9.17) is 18.9 Å². The molecule has 0 aromatic heterocycles. The molecule has 1 aliphatic heterocycles. The summed E-state index contributed by atoms with van der Waals surface area (Å²) in [5.74, 6) is -0.344. The summed E-state index contributed by atoms with van der Waals surface area (Å²) in [6, 6.07) is 0. The molecule has 6 unspecified atom stereocenters. The quantitative estimate of drug-likeness (QED) is 0.0271. The van der Waals surface area contributed by atoms with E-state index in [9.17, 15) is 25.2 Å². The molecule has 0 aromatic rings. The Morgan fingerprint density at radius 3 is 1.40 bits per heavy atom. The molecule has 9 heteroatoms. The number of hydrogen-bond donors (Lipinski definition) is 4. The van der Waals surface area contributed by atoms with Gasteiger partial charge >= 0.3 is 5.97 Å². The normalized spacial score (nSPS) is 20.8. The number of unbranched alkanes of at least 4 members (excludes halogenated alkanes) is 10. The lowest BCUT2D eigenvalue weighted by Gasteiger charge is -2.39. The standard InChI is InChI=1S/C53H86O9/c1-3-5-7-9-11-13-15-17-19-20-21-22-23-24-25-26-27-28-29-30-32-34-36-38-40-42-49(55)61-47(46-60-53-52(58)51(57)50(56)48(44-54)62-53)45-59-43-41-39-37-35-33-31-18-16-14-12-10-8-6-4-2/h5-8,11-14,17-19,21-22,24-25,31,35,37,47-48,50-54,56-58H,3-4,9-10,15-16,20,23,26-30,32-34,36,38-46H2,1-2H3/b7-5-,8-6-,13-11-,14-12-,19-17-,22-21-,25-24-,31-18-,37-35-. The molecule has 0 spiro atoms. The Kier molecular flexibility index (Phi) is 39.5. The summed E-state index contributed by atoms with van der Waals surface area (Å²) in [6.07, 6.45) is 54.2. The molecule has 0 radical (unpaired) electrons. The molecule has 6 atom stereocenters. The van der Waals surface area contributed by atoms with E-state index in [-0.39, 0.29) is 25.6 Å². The van der Waals surface area contributed by atoms with Crippen molar-refractivity contribution in [2.24, 2.45) is 0 Å². The van der Waals surface area contributed by atoms with Gasteiger partial charge in [-0.1, -0.05) is 168 Å². The van der Waals surface area contributed by atoms with Crippen molar-refractivity contribution in [1.29, 1.82) is 0 Å². The van der Waals surface area contributed by atoms with Gasteiger partial charge in [0.1, 0.15) is 30.5 Å². The van der Waals surface area contributed by atoms with E-state index in [2.05, 4.69) is 123 Å². The monoisotopic (exact) mass is 867 g/mol. The maximum Gasteiger partial charge on any atom is 0.306 e. The first-order chi connectivity index (χ1) is 30.4. The molecule has 0 aliphatic carbocycles. The minimum Gasteiger partial charge on any atom is -0.457 e. The van der Waals surface area contributed by atoms with E-state index in [1.807, 2.05) is 0 Å². The van der Waals surface area contributed by atoms with E-state index in [0.717, 1.165) is 103 Å². The summed E-state index contributed by atoms with van der Waals surface area (Å²) in [7, 11) is 0. The zero-order chi connectivity index (χ0) is 45.0. The van der Waals surface area contributed by atoms with Crippen LogP contribution in [0.25, 0.3) is 0 Å². The fraction of sp³-hybridized carbons (Fsp3) is 0.642. The number of esters is 1. The van der Waals surface area contributed by atoms with Crippen LogP contribution in [0.5, 0.6) is 0 Å². The zero-order valence-electron chi connectivity index (χ0n) is 38.6. The maximum absolute atomic E-state index is 12.8. The number of rotatable bonds is 39. The van der Waals surface area contributed by atoms with E-state index in [0.29, 0.717) is 6.61 Å². The molecule has 1 fully saturated rings. The fourth-order valence-electron chi connectivity index (χ4n) is 6.52. The first kappa shape index (κ1) is 56.9. The molecule has 1 saturated heterocycles. The Bertz CT molecular complexity index is 1310. The topological polar surface area (TPSA) is 135 Å². The molecular formula is C53H86O9. The van der Waals surface area contributed by atoms with Crippen LogP contribution >= 0.6 is 0 Å². The largest absolute Gasteiger partial charge is 0.457 e. The molecule has 1 heterocycles. The van der Waals surface area contributed by atoms with E-state index >= 15 is 0 Å². The lowest BCUT2D eigenvalue weighted by molar-refractivity contribution is -0.305. The summed E-state index contributed by atoms with van der Waals surface area (Å²) >= 11 is 0. The summed E-state index contributed by atoms with van der Waals surface area (Å²) in [4.78, 5) is 12.8. The van der Waals surface area contributed by atoms with Gasteiger partial charge in [0, 0.05) is 13.0 Å². The van der Waals surface area contributed by atoms with Crippen molar-refractivity contribution >= 4 is 5.97 Å². The molecule has 0 saturated carbocycles. The van der Waals surface area contributed by atoms with Crippen molar-refractivity contribution in [2.45, 2.75) is 192 Å². The van der Waals surface area contributed by atoms with Crippen LogP contribution in [-0.2, 0) is 23.7 Å². The van der Waals surface area contributed by atoms with Gasteiger partial charge in [-0.3, -0.25) is 4.79 Å². The van der Waals surface area contributed by atoms with Crippen LogP contribution in [0.4, 0.5) is 0 Å². The molecule has 9 nitrogen and oxygen atoms in total. The molecule has 4 N–H and O–H groups in total. The summed E-state index contributed by atoms with van der Waals surface area (Å²) in [5, 5.41) is 40.2. The lowest BCUT2D eigenvalue weighted by atomic mass is 9.99. The van der Waals surface area contributed by atoms with Crippen LogP contribution in [0.2, 0.25) is 0 Å². The number of aliphatic hydroxyl groups excluding tert-OH is 4. The van der Waals surface area contributed by atoms with E-state index in [1.54, 1.807) is 0 Å². The summed E-state index contributed by atoms with van der Waals surface area (Å²) < 4.78 is 22.7. The summed E-state index contributed by atoms with van der Waals surface area (Å²) in [5.41, 5.74) is 0. The highest BCUT2D eigenvalue weighted by Crippen LogP contribution is 2.22. The van der Waals surface area contributed by atoms with Gasteiger partial charge in [-0.05, 0) is 89.9 Å². The highest BCUT2D eigenvalue weighted by Gasteiger charge is 2.44. The van der Waals surface area contributed by atoms with Crippen LogP contribution in [-0.4, -0.2) is 89.6 Å². The highest BCUT2D eigenvalue weighted by atomic mass is 16.7. The second kappa shape index (κ2) is 43.1. The second-order valence-corrected chi connectivity index (χ2v) is 15.8. The molecule has 0 aromatic carbocycles. The zero-order valence-corrected chi connectivity index (χ0v) is 38.6. The van der Waals surface area contributed by atoms with E-state index in [1.165, 1.54) is 32.1 Å². The molecule has 352 valence electrons. The van der Waals surface area contributed by atoms with Crippen LogP contribution in [0.3, 0.4) is 0 Å². The molecule has 0 amide bonds. The van der Waals surface area contributed by atoms with Gasteiger partial charge in [0.05, 0.1) is 19.8 Å². The van der Waals surface area contributed by atoms with Gasteiger partial charge < -0.3 is 39.4 Å². The Morgan fingerprint density at radius 1 is 0.516 bits per heavy atom. The number of allylic oxidation sites excluding steroid dienone is 18. The van der Waals surface area contributed by atoms with Gasteiger partial charge in [0.25, 0.3) is 0 Å². The predicted octanol–water partition coefficient (Wildman–Crippen LogP) is 11.4. The highest BCUT2D eigenvalue weighted by molar-refractivity contribution is 5.69.